The largest absolute Gasteiger partial charge is 0.248 e. The molecule has 1 nitrogen and oxygen atoms in total. The Labute approximate surface area is 97.3 Å². The second-order valence-corrected chi connectivity index (χ2v) is 3.89. The number of nitrogens with zero attached hydrogens (tertiary/aromatic N) is 1. The van der Waals surface area contributed by atoms with Crippen LogP contribution in [0.3, 0.4) is 0 Å². The van der Waals surface area contributed by atoms with Gasteiger partial charge in [-0.25, -0.2) is 4.98 Å². The van der Waals surface area contributed by atoms with E-state index >= 15 is 0 Å². The lowest BCUT2D eigenvalue weighted by Gasteiger charge is -1.90. The van der Waals surface area contributed by atoms with Crippen LogP contribution in [-0.4, -0.2) is 4.98 Å². The van der Waals surface area contributed by atoms with Crippen molar-refractivity contribution in [1.29, 1.82) is 0 Å². The molecule has 1 aromatic heterocycles. The maximum atomic E-state index is 4.15. The number of hydrogen-bond donors (Lipinski definition) is 0. The maximum Gasteiger partial charge on any atom is 0.114 e. The van der Waals surface area contributed by atoms with E-state index in [4.69, 9.17) is 0 Å². The van der Waals surface area contributed by atoms with E-state index in [-0.39, 0.29) is 0 Å². The van der Waals surface area contributed by atoms with Gasteiger partial charge in [-0.3, -0.25) is 0 Å². The number of aromatic nitrogens is 1. The summed E-state index contributed by atoms with van der Waals surface area (Å²) in [4.78, 5) is 4.15. The van der Waals surface area contributed by atoms with E-state index in [1.165, 1.54) is 0 Å². The summed E-state index contributed by atoms with van der Waals surface area (Å²) in [5.74, 6) is 6.07. The van der Waals surface area contributed by atoms with E-state index in [1.807, 2.05) is 42.5 Å². The molecule has 2 heteroatoms. The Bertz CT molecular complexity index is 509. The minimum atomic E-state index is 0.772. The van der Waals surface area contributed by atoms with Gasteiger partial charge in [-0.05, 0) is 30.2 Å². The summed E-state index contributed by atoms with van der Waals surface area (Å²) in [6.45, 7) is 0. The molecule has 1 heterocycles. The normalized spacial score (nSPS) is 9.13. The fourth-order valence-electron chi connectivity index (χ4n) is 1.13. The Kier molecular flexibility index (Phi) is 3.16. The third kappa shape index (κ3) is 2.93. The zero-order chi connectivity index (χ0) is 10.5. The summed E-state index contributed by atoms with van der Waals surface area (Å²) in [6, 6.07) is 13.7. The van der Waals surface area contributed by atoms with Crippen molar-refractivity contribution in [1.82, 2.24) is 4.98 Å². The minimum absolute atomic E-state index is 0.772. The van der Waals surface area contributed by atoms with Crippen LogP contribution in [0.5, 0.6) is 0 Å². The smallest absolute Gasteiger partial charge is 0.114 e. The Morgan fingerprint density at radius 1 is 1.00 bits per heavy atom. The SMILES string of the molecule is Brc1ccnc(C#Cc2ccccc2)c1. The van der Waals surface area contributed by atoms with Crippen molar-refractivity contribution in [2.45, 2.75) is 0 Å². The topological polar surface area (TPSA) is 12.9 Å². The summed E-state index contributed by atoms with van der Waals surface area (Å²) in [5, 5.41) is 0. The highest BCUT2D eigenvalue weighted by Crippen LogP contribution is 2.08. The third-order valence-electron chi connectivity index (χ3n) is 1.83. The molecule has 0 spiro atoms. The molecule has 0 aliphatic rings. The van der Waals surface area contributed by atoms with Gasteiger partial charge in [0.2, 0.25) is 0 Å². The molecule has 0 fully saturated rings. The Morgan fingerprint density at radius 2 is 1.80 bits per heavy atom. The van der Waals surface area contributed by atoms with Crippen molar-refractivity contribution in [2.24, 2.45) is 0 Å². The van der Waals surface area contributed by atoms with Gasteiger partial charge < -0.3 is 0 Å². The lowest BCUT2D eigenvalue weighted by atomic mass is 10.2. The molecule has 2 aromatic rings. The zero-order valence-electron chi connectivity index (χ0n) is 7.94. The van der Waals surface area contributed by atoms with Gasteiger partial charge in [-0.15, -0.1) is 0 Å². The number of pyridine rings is 1. The van der Waals surface area contributed by atoms with Crippen LogP contribution < -0.4 is 0 Å². The van der Waals surface area contributed by atoms with Crippen LogP contribution in [0.4, 0.5) is 0 Å². The predicted molar refractivity (Wildman–Crippen MR) is 64.4 cm³/mol. The van der Waals surface area contributed by atoms with E-state index in [0.717, 1.165) is 15.7 Å². The highest BCUT2D eigenvalue weighted by molar-refractivity contribution is 9.10. The van der Waals surface area contributed by atoms with Gasteiger partial charge in [-0.2, -0.15) is 0 Å². The van der Waals surface area contributed by atoms with Crippen molar-refractivity contribution in [3.05, 3.63) is 64.4 Å². The molecular weight excluding hydrogens is 250 g/mol. The van der Waals surface area contributed by atoms with Crippen molar-refractivity contribution in [3.63, 3.8) is 0 Å². The van der Waals surface area contributed by atoms with E-state index in [1.54, 1.807) is 6.20 Å². The van der Waals surface area contributed by atoms with Crippen LogP contribution in [-0.2, 0) is 0 Å². The molecular formula is C13H8BrN. The van der Waals surface area contributed by atoms with Crippen molar-refractivity contribution in [3.8, 4) is 11.8 Å². The number of rotatable bonds is 0. The van der Waals surface area contributed by atoms with Gasteiger partial charge in [0.25, 0.3) is 0 Å². The Hall–Kier alpha value is -1.59. The molecule has 0 unspecified atom stereocenters. The van der Waals surface area contributed by atoms with Crippen molar-refractivity contribution >= 4 is 15.9 Å². The first kappa shape index (κ1) is 9.95. The van der Waals surface area contributed by atoms with Crippen molar-refractivity contribution in [2.75, 3.05) is 0 Å². The van der Waals surface area contributed by atoms with Crippen LogP contribution in [0, 0.1) is 11.8 Å². The van der Waals surface area contributed by atoms with Crippen molar-refractivity contribution < 1.29 is 0 Å². The Morgan fingerprint density at radius 3 is 2.53 bits per heavy atom. The highest BCUT2D eigenvalue weighted by Gasteiger charge is 1.89. The average Bonchev–Trinajstić information content (AvgIpc) is 2.28. The van der Waals surface area contributed by atoms with Crippen LogP contribution in [0.1, 0.15) is 11.3 Å². The molecule has 0 saturated carbocycles. The summed E-state index contributed by atoms with van der Waals surface area (Å²) in [5.41, 5.74) is 1.77. The number of hydrogen-bond acceptors (Lipinski definition) is 1. The summed E-state index contributed by atoms with van der Waals surface area (Å²) in [7, 11) is 0. The molecule has 15 heavy (non-hydrogen) atoms. The number of benzene rings is 1. The first-order chi connectivity index (χ1) is 7.34. The molecule has 72 valence electrons. The van der Waals surface area contributed by atoms with Gasteiger partial charge in [0.05, 0.1) is 0 Å². The Balaban J connectivity index is 2.26. The standard InChI is InChI=1S/C13H8BrN/c14-12-8-9-15-13(10-12)7-6-11-4-2-1-3-5-11/h1-5,8-10H. The van der Waals surface area contributed by atoms with Gasteiger partial charge in [-0.1, -0.05) is 40.0 Å². The third-order valence-corrected chi connectivity index (χ3v) is 2.32. The second-order valence-electron chi connectivity index (χ2n) is 2.98. The quantitative estimate of drug-likeness (QED) is 0.661. The van der Waals surface area contributed by atoms with Crippen LogP contribution >= 0.6 is 15.9 Å². The highest BCUT2D eigenvalue weighted by atomic mass is 79.9. The van der Waals surface area contributed by atoms with E-state index in [9.17, 15) is 0 Å². The molecule has 0 atom stereocenters. The van der Waals surface area contributed by atoms with Gasteiger partial charge in [0, 0.05) is 16.2 Å². The first-order valence-corrected chi connectivity index (χ1v) is 5.32. The zero-order valence-corrected chi connectivity index (χ0v) is 9.53. The lowest BCUT2D eigenvalue weighted by Crippen LogP contribution is -1.80. The molecule has 0 aliphatic heterocycles. The first-order valence-electron chi connectivity index (χ1n) is 4.53. The van der Waals surface area contributed by atoms with E-state index in [2.05, 4.69) is 32.8 Å². The van der Waals surface area contributed by atoms with E-state index in [0.29, 0.717) is 0 Å². The van der Waals surface area contributed by atoms with Crippen LogP contribution in [0.25, 0.3) is 0 Å². The predicted octanol–water partition coefficient (Wildman–Crippen LogP) is 3.24. The van der Waals surface area contributed by atoms with Gasteiger partial charge >= 0.3 is 0 Å². The second kappa shape index (κ2) is 4.77. The molecule has 0 saturated heterocycles. The van der Waals surface area contributed by atoms with E-state index < -0.39 is 0 Å². The molecule has 2 rings (SSSR count). The fraction of sp³-hybridized carbons (Fsp3) is 0. The fourth-order valence-corrected chi connectivity index (χ4v) is 1.47. The summed E-state index contributed by atoms with van der Waals surface area (Å²) in [6.07, 6.45) is 1.74. The minimum Gasteiger partial charge on any atom is -0.248 e. The maximum absolute atomic E-state index is 4.15. The monoisotopic (exact) mass is 257 g/mol. The molecule has 0 amide bonds. The molecule has 0 bridgehead atoms. The summed E-state index contributed by atoms with van der Waals surface area (Å²) < 4.78 is 0.995. The summed E-state index contributed by atoms with van der Waals surface area (Å²) >= 11 is 3.38. The molecule has 0 radical (unpaired) electrons. The average molecular weight is 258 g/mol. The van der Waals surface area contributed by atoms with Crippen LogP contribution in [0.2, 0.25) is 0 Å². The van der Waals surface area contributed by atoms with Crippen LogP contribution in [0.15, 0.2) is 53.1 Å². The lowest BCUT2D eigenvalue weighted by molar-refractivity contribution is 1.28. The molecule has 1 aromatic carbocycles. The van der Waals surface area contributed by atoms with Gasteiger partial charge in [0.1, 0.15) is 5.69 Å². The molecule has 0 aliphatic carbocycles. The number of halogens is 1. The van der Waals surface area contributed by atoms with Gasteiger partial charge in [0.15, 0.2) is 0 Å². The molecule has 0 N–H and O–H groups in total.